The van der Waals surface area contributed by atoms with Gasteiger partial charge in [0.25, 0.3) is 0 Å². The largest absolute Gasteiger partial charge is 0.396 e. The van der Waals surface area contributed by atoms with Gasteiger partial charge in [-0.3, -0.25) is 0 Å². The average molecular weight is 130 g/mol. The molecule has 0 radical (unpaired) electrons. The highest BCUT2D eigenvalue weighted by Crippen LogP contribution is 2.11. The van der Waals surface area contributed by atoms with Crippen LogP contribution in [0.5, 0.6) is 0 Å². The molecule has 0 aromatic carbocycles. The minimum Gasteiger partial charge on any atom is -0.396 e. The van der Waals surface area contributed by atoms with Gasteiger partial charge >= 0.3 is 0 Å². The van der Waals surface area contributed by atoms with E-state index in [-0.39, 0.29) is 6.61 Å². The smallest absolute Gasteiger partial charge is 0.0797 e. The Morgan fingerprint density at radius 3 is 2.56 bits per heavy atom. The van der Waals surface area contributed by atoms with E-state index in [2.05, 4.69) is 6.58 Å². The molecule has 0 rings (SSSR count). The highest BCUT2D eigenvalue weighted by molar-refractivity contribution is 4.90. The summed E-state index contributed by atoms with van der Waals surface area (Å²) in [6.45, 7) is 5.26. The van der Waals surface area contributed by atoms with Crippen LogP contribution in [-0.2, 0) is 0 Å². The number of aliphatic hydroxyl groups excluding tert-OH is 1. The zero-order chi connectivity index (χ0) is 7.33. The maximum Gasteiger partial charge on any atom is 0.0797 e. The van der Waals surface area contributed by atoms with Crippen LogP contribution in [0.15, 0.2) is 12.7 Å². The summed E-state index contributed by atoms with van der Waals surface area (Å²) in [5.74, 6) is 0. The standard InChI is InChI=1S/C7H14O2/c1-3-7(2,9)5-4-6-8/h3,8-9H,1,4-6H2,2H3. The van der Waals surface area contributed by atoms with Crippen molar-refractivity contribution in [1.82, 2.24) is 0 Å². The fourth-order valence-corrected chi connectivity index (χ4v) is 0.539. The number of aliphatic hydroxyl groups is 2. The molecule has 0 bridgehead atoms. The lowest BCUT2D eigenvalue weighted by Crippen LogP contribution is -2.20. The third-order valence-corrected chi connectivity index (χ3v) is 1.28. The maximum atomic E-state index is 9.23. The van der Waals surface area contributed by atoms with E-state index >= 15 is 0 Å². The van der Waals surface area contributed by atoms with Gasteiger partial charge in [-0.1, -0.05) is 6.08 Å². The Morgan fingerprint density at radius 1 is 1.67 bits per heavy atom. The van der Waals surface area contributed by atoms with Crippen LogP contribution in [0.2, 0.25) is 0 Å². The first-order valence-electron chi connectivity index (χ1n) is 3.09. The minimum atomic E-state index is -0.803. The molecule has 0 heterocycles. The average Bonchev–Trinajstić information content (AvgIpc) is 1.84. The Balaban J connectivity index is 3.45. The van der Waals surface area contributed by atoms with E-state index in [0.29, 0.717) is 12.8 Å². The van der Waals surface area contributed by atoms with Gasteiger partial charge in [0.05, 0.1) is 5.60 Å². The van der Waals surface area contributed by atoms with Gasteiger partial charge in [0.1, 0.15) is 0 Å². The van der Waals surface area contributed by atoms with Crippen LogP contribution in [0.25, 0.3) is 0 Å². The summed E-state index contributed by atoms with van der Waals surface area (Å²) >= 11 is 0. The third-order valence-electron chi connectivity index (χ3n) is 1.28. The van der Waals surface area contributed by atoms with Gasteiger partial charge in [0.2, 0.25) is 0 Å². The van der Waals surface area contributed by atoms with Gasteiger partial charge in [-0.2, -0.15) is 0 Å². The summed E-state index contributed by atoms with van der Waals surface area (Å²) in [6, 6.07) is 0. The van der Waals surface area contributed by atoms with E-state index in [0.717, 1.165) is 0 Å². The highest BCUT2D eigenvalue weighted by atomic mass is 16.3. The Labute approximate surface area is 55.8 Å². The quantitative estimate of drug-likeness (QED) is 0.550. The molecule has 0 aromatic heterocycles. The van der Waals surface area contributed by atoms with E-state index in [1.54, 1.807) is 6.92 Å². The molecule has 0 aliphatic heterocycles. The Bertz CT molecular complexity index is 86.9. The molecule has 1 atom stereocenters. The van der Waals surface area contributed by atoms with Crippen LogP contribution in [0.3, 0.4) is 0 Å². The molecule has 0 aliphatic rings. The van der Waals surface area contributed by atoms with Crippen molar-refractivity contribution < 1.29 is 10.2 Å². The molecule has 1 unspecified atom stereocenters. The summed E-state index contributed by atoms with van der Waals surface area (Å²) in [7, 11) is 0. The molecule has 9 heavy (non-hydrogen) atoms. The second-order valence-electron chi connectivity index (χ2n) is 2.39. The highest BCUT2D eigenvalue weighted by Gasteiger charge is 2.13. The lowest BCUT2D eigenvalue weighted by atomic mass is 10.0. The summed E-state index contributed by atoms with van der Waals surface area (Å²) in [5.41, 5.74) is -0.803. The number of hydrogen-bond donors (Lipinski definition) is 2. The lowest BCUT2D eigenvalue weighted by Gasteiger charge is -2.16. The zero-order valence-electron chi connectivity index (χ0n) is 5.80. The third kappa shape index (κ3) is 4.18. The second-order valence-corrected chi connectivity index (χ2v) is 2.39. The molecule has 0 amide bonds. The van der Waals surface area contributed by atoms with Crippen molar-refractivity contribution in [1.29, 1.82) is 0 Å². The van der Waals surface area contributed by atoms with Crippen molar-refractivity contribution in [3.8, 4) is 0 Å². The van der Waals surface area contributed by atoms with Gasteiger partial charge < -0.3 is 10.2 Å². The lowest BCUT2D eigenvalue weighted by molar-refractivity contribution is 0.0922. The van der Waals surface area contributed by atoms with Crippen LogP contribution in [0, 0.1) is 0 Å². The monoisotopic (exact) mass is 130 g/mol. The van der Waals surface area contributed by atoms with Crippen molar-refractivity contribution in [3.63, 3.8) is 0 Å². The van der Waals surface area contributed by atoms with Crippen LogP contribution in [0.4, 0.5) is 0 Å². The van der Waals surface area contributed by atoms with Crippen LogP contribution in [-0.4, -0.2) is 22.4 Å². The molecular formula is C7H14O2. The van der Waals surface area contributed by atoms with Gasteiger partial charge in [-0.25, -0.2) is 0 Å². The Morgan fingerprint density at radius 2 is 2.22 bits per heavy atom. The molecule has 2 heteroatoms. The van der Waals surface area contributed by atoms with Crippen molar-refractivity contribution >= 4 is 0 Å². The zero-order valence-corrected chi connectivity index (χ0v) is 5.80. The van der Waals surface area contributed by atoms with Gasteiger partial charge in [-0.05, 0) is 19.8 Å². The molecule has 0 aliphatic carbocycles. The molecule has 54 valence electrons. The van der Waals surface area contributed by atoms with Crippen LogP contribution < -0.4 is 0 Å². The van der Waals surface area contributed by atoms with Gasteiger partial charge in [0.15, 0.2) is 0 Å². The van der Waals surface area contributed by atoms with Crippen molar-refractivity contribution in [2.75, 3.05) is 6.61 Å². The molecule has 0 saturated heterocycles. The molecular weight excluding hydrogens is 116 g/mol. The predicted octanol–water partition coefficient (Wildman–Crippen LogP) is 0.696. The van der Waals surface area contributed by atoms with E-state index in [4.69, 9.17) is 5.11 Å². The summed E-state index contributed by atoms with van der Waals surface area (Å²) in [4.78, 5) is 0. The van der Waals surface area contributed by atoms with Crippen LogP contribution >= 0.6 is 0 Å². The minimum absolute atomic E-state index is 0.129. The van der Waals surface area contributed by atoms with Crippen LogP contribution in [0.1, 0.15) is 19.8 Å². The van der Waals surface area contributed by atoms with Gasteiger partial charge in [0, 0.05) is 6.61 Å². The van der Waals surface area contributed by atoms with Gasteiger partial charge in [-0.15, -0.1) is 6.58 Å². The summed E-state index contributed by atoms with van der Waals surface area (Å²) in [5, 5.41) is 17.6. The molecule has 0 spiro atoms. The molecule has 0 fully saturated rings. The van der Waals surface area contributed by atoms with E-state index < -0.39 is 5.60 Å². The number of hydrogen-bond acceptors (Lipinski definition) is 2. The first-order chi connectivity index (χ1) is 4.12. The Hall–Kier alpha value is -0.340. The maximum absolute atomic E-state index is 9.23. The fraction of sp³-hybridized carbons (Fsp3) is 0.714. The van der Waals surface area contributed by atoms with Crippen molar-refractivity contribution in [3.05, 3.63) is 12.7 Å². The Kier molecular flexibility index (Phi) is 3.50. The topological polar surface area (TPSA) is 40.5 Å². The first kappa shape index (κ1) is 8.66. The second kappa shape index (κ2) is 3.64. The molecule has 0 aromatic rings. The predicted molar refractivity (Wildman–Crippen MR) is 37.1 cm³/mol. The van der Waals surface area contributed by atoms with E-state index in [1.807, 2.05) is 0 Å². The fourth-order valence-electron chi connectivity index (χ4n) is 0.539. The molecule has 2 nitrogen and oxygen atoms in total. The number of rotatable bonds is 4. The van der Waals surface area contributed by atoms with E-state index in [9.17, 15) is 5.11 Å². The summed E-state index contributed by atoms with van der Waals surface area (Å²) < 4.78 is 0. The normalized spacial score (nSPS) is 16.8. The SMILES string of the molecule is C=CC(C)(O)CCCO. The molecule has 2 N–H and O–H groups in total. The van der Waals surface area contributed by atoms with E-state index in [1.165, 1.54) is 6.08 Å². The molecule has 0 saturated carbocycles. The van der Waals surface area contributed by atoms with Crippen molar-refractivity contribution in [2.24, 2.45) is 0 Å². The van der Waals surface area contributed by atoms with Crippen molar-refractivity contribution in [2.45, 2.75) is 25.4 Å². The first-order valence-corrected chi connectivity index (χ1v) is 3.09. The summed E-state index contributed by atoms with van der Waals surface area (Å²) in [6.07, 6.45) is 2.69.